The van der Waals surface area contributed by atoms with E-state index >= 15 is 0 Å². The van der Waals surface area contributed by atoms with E-state index in [2.05, 4.69) is 10.2 Å². The number of carbonyl (C=O) groups excluding carboxylic acids is 1. The fourth-order valence-electron chi connectivity index (χ4n) is 3.75. The molecule has 0 saturated carbocycles. The van der Waals surface area contributed by atoms with E-state index in [1.807, 2.05) is 61.5 Å². The van der Waals surface area contributed by atoms with Gasteiger partial charge in [0.25, 0.3) is 10.0 Å². The third-order valence-corrected chi connectivity index (χ3v) is 8.68. The second-order valence-corrected chi connectivity index (χ2v) is 10.7. The normalized spacial score (nSPS) is 16.7. The van der Waals surface area contributed by atoms with Crippen molar-refractivity contribution in [1.82, 2.24) is 9.21 Å². The van der Waals surface area contributed by atoms with Crippen LogP contribution in [0.1, 0.15) is 17.2 Å². The van der Waals surface area contributed by atoms with Gasteiger partial charge in [-0.3, -0.25) is 9.69 Å². The molecule has 1 amide bonds. The quantitative estimate of drug-likeness (QED) is 0.615. The first-order chi connectivity index (χ1) is 14.9. The number of nitrogens with one attached hydrogen (secondary N) is 1. The highest BCUT2D eigenvalue weighted by Gasteiger charge is 2.34. The second kappa shape index (κ2) is 9.32. The molecule has 8 heteroatoms. The van der Waals surface area contributed by atoms with E-state index in [9.17, 15) is 13.2 Å². The number of rotatable bonds is 6. The van der Waals surface area contributed by atoms with Gasteiger partial charge in [0.15, 0.2) is 0 Å². The highest BCUT2D eigenvalue weighted by atomic mass is 32.2. The average Bonchev–Trinajstić information content (AvgIpc) is 3.33. The van der Waals surface area contributed by atoms with Crippen LogP contribution >= 0.6 is 11.3 Å². The highest BCUT2D eigenvalue weighted by molar-refractivity contribution is 7.91. The van der Waals surface area contributed by atoms with Crippen molar-refractivity contribution in [3.05, 3.63) is 83.2 Å². The Morgan fingerprint density at radius 1 is 0.935 bits per heavy atom. The number of thiophene rings is 1. The van der Waals surface area contributed by atoms with Gasteiger partial charge < -0.3 is 5.32 Å². The zero-order chi connectivity index (χ0) is 21.8. The molecule has 1 N–H and O–H groups in total. The Hall–Kier alpha value is -2.52. The lowest BCUT2D eigenvalue weighted by atomic mass is 10.0. The Labute approximate surface area is 187 Å². The first-order valence-electron chi connectivity index (χ1n) is 10.2. The number of sulfonamides is 1. The average molecular weight is 456 g/mol. The molecule has 1 aliphatic heterocycles. The van der Waals surface area contributed by atoms with Gasteiger partial charge in [-0.2, -0.15) is 4.31 Å². The molecule has 1 fully saturated rings. The second-order valence-electron chi connectivity index (χ2n) is 7.54. The summed E-state index contributed by atoms with van der Waals surface area (Å²) < 4.78 is 27.5. The summed E-state index contributed by atoms with van der Waals surface area (Å²) in [6.07, 6.45) is 0. The SMILES string of the molecule is Cc1ccc(NC(=O)C(c2ccccc2)N2CCN(S(=O)(=O)c3cccs3)CC2)cc1. The van der Waals surface area contributed by atoms with Crippen LogP contribution in [0.4, 0.5) is 5.69 Å². The van der Waals surface area contributed by atoms with Gasteiger partial charge in [0.05, 0.1) is 0 Å². The van der Waals surface area contributed by atoms with Gasteiger partial charge in [0, 0.05) is 31.9 Å². The van der Waals surface area contributed by atoms with E-state index in [1.165, 1.54) is 15.6 Å². The Morgan fingerprint density at radius 3 is 2.23 bits per heavy atom. The highest BCUT2D eigenvalue weighted by Crippen LogP contribution is 2.27. The lowest BCUT2D eigenvalue weighted by Gasteiger charge is -2.38. The van der Waals surface area contributed by atoms with Crippen molar-refractivity contribution in [1.29, 1.82) is 0 Å². The third-order valence-electron chi connectivity index (χ3n) is 5.41. The van der Waals surface area contributed by atoms with Crippen molar-refractivity contribution >= 4 is 33.0 Å². The summed E-state index contributed by atoms with van der Waals surface area (Å²) in [5.41, 5.74) is 2.76. The lowest BCUT2D eigenvalue weighted by molar-refractivity contribution is -0.122. The van der Waals surface area contributed by atoms with E-state index in [-0.39, 0.29) is 5.91 Å². The number of nitrogens with zero attached hydrogens (tertiary/aromatic N) is 2. The molecular formula is C23H25N3O3S2. The molecule has 2 heterocycles. The van der Waals surface area contributed by atoms with Gasteiger partial charge >= 0.3 is 0 Å². The number of amides is 1. The molecule has 1 atom stereocenters. The first-order valence-corrected chi connectivity index (χ1v) is 12.5. The number of hydrogen-bond donors (Lipinski definition) is 1. The van der Waals surface area contributed by atoms with Crippen LogP contribution in [0.2, 0.25) is 0 Å². The Kier molecular flexibility index (Phi) is 6.52. The minimum atomic E-state index is -3.48. The Morgan fingerprint density at radius 2 is 1.61 bits per heavy atom. The minimum absolute atomic E-state index is 0.121. The van der Waals surface area contributed by atoms with E-state index in [0.717, 1.165) is 16.8 Å². The van der Waals surface area contributed by atoms with E-state index in [0.29, 0.717) is 30.4 Å². The lowest BCUT2D eigenvalue weighted by Crippen LogP contribution is -2.51. The molecule has 0 bridgehead atoms. The number of anilines is 1. The van der Waals surface area contributed by atoms with E-state index in [1.54, 1.807) is 17.5 Å². The summed E-state index contributed by atoms with van der Waals surface area (Å²) in [5, 5.41) is 4.79. The molecule has 31 heavy (non-hydrogen) atoms. The maximum atomic E-state index is 13.3. The summed E-state index contributed by atoms with van der Waals surface area (Å²) in [7, 11) is -3.48. The molecule has 0 spiro atoms. The molecule has 1 unspecified atom stereocenters. The number of aryl methyl sites for hydroxylation is 1. The van der Waals surface area contributed by atoms with Crippen molar-refractivity contribution in [2.75, 3.05) is 31.5 Å². The van der Waals surface area contributed by atoms with E-state index < -0.39 is 16.1 Å². The summed E-state index contributed by atoms with van der Waals surface area (Å²) >= 11 is 1.23. The maximum Gasteiger partial charge on any atom is 0.252 e. The van der Waals surface area contributed by atoms with Gasteiger partial charge in [-0.05, 0) is 36.1 Å². The van der Waals surface area contributed by atoms with Gasteiger partial charge in [0.2, 0.25) is 5.91 Å². The molecule has 1 aliphatic rings. The predicted octanol–water partition coefficient (Wildman–Crippen LogP) is 3.74. The van der Waals surface area contributed by atoms with Crippen molar-refractivity contribution in [2.24, 2.45) is 0 Å². The zero-order valence-corrected chi connectivity index (χ0v) is 18.9. The van der Waals surface area contributed by atoms with Gasteiger partial charge in [-0.15, -0.1) is 11.3 Å². The van der Waals surface area contributed by atoms with Crippen LogP contribution in [0, 0.1) is 6.92 Å². The fraction of sp³-hybridized carbons (Fsp3) is 0.261. The number of benzene rings is 2. The number of hydrogen-bond acceptors (Lipinski definition) is 5. The van der Waals surface area contributed by atoms with Crippen LogP contribution in [0.25, 0.3) is 0 Å². The van der Waals surface area contributed by atoms with Crippen molar-refractivity contribution < 1.29 is 13.2 Å². The van der Waals surface area contributed by atoms with Crippen LogP contribution in [0.15, 0.2) is 76.3 Å². The molecule has 1 aromatic heterocycles. The van der Waals surface area contributed by atoms with Gasteiger partial charge in [0.1, 0.15) is 10.3 Å². The predicted molar refractivity (Wildman–Crippen MR) is 124 cm³/mol. The smallest absolute Gasteiger partial charge is 0.252 e. The Bertz CT molecular complexity index is 1110. The van der Waals surface area contributed by atoms with Gasteiger partial charge in [-0.25, -0.2) is 8.42 Å². The molecule has 2 aromatic carbocycles. The standard InChI is InChI=1S/C23H25N3O3S2/c1-18-9-11-20(12-10-18)24-23(27)22(19-6-3-2-4-7-19)25-13-15-26(16-14-25)31(28,29)21-8-5-17-30-21/h2-12,17,22H,13-16H2,1H3,(H,24,27). The summed E-state index contributed by atoms with van der Waals surface area (Å²) in [5.74, 6) is -0.121. The molecule has 162 valence electrons. The molecule has 3 aromatic rings. The first kappa shape index (κ1) is 21.7. The van der Waals surface area contributed by atoms with Gasteiger partial charge in [-0.1, -0.05) is 54.1 Å². The van der Waals surface area contributed by atoms with Crippen LogP contribution < -0.4 is 5.32 Å². The van der Waals surface area contributed by atoms with Crippen LogP contribution in [0.5, 0.6) is 0 Å². The van der Waals surface area contributed by atoms with Crippen LogP contribution in [-0.2, 0) is 14.8 Å². The third kappa shape index (κ3) is 4.88. The van der Waals surface area contributed by atoms with Crippen LogP contribution in [-0.4, -0.2) is 49.7 Å². The molecule has 6 nitrogen and oxygen atoms in total. The fourth-order valence-corrected chi connectivity index (χ4v) is 6.32. The minimum Gasteiger partial charge on any atom is -0.324 e. The largest absolute Gasteiger partial charge is 0.324 e. The molecular weight excluding hydrogens is 430 g/mol. The van der Waals surface area contributed by atoms with Crippen molar-refractivity contribution in [3.8, 4) is 0 Å². The monoisotopic (exact) mass is 455 g/mol. The molecule has 0 radical (unpaired) electrons. The van der Waals surface area contributed by atoms with Crippen LogP contribution in [0.3, 0.4) is 0 Å². The molecule has 0 aliphatic carbocycles. The number of piperazine rings is 1. The molecule has 1 saturated heterocycles. The Balaban J connectivity index is 1.52. The number of carbonyl (C=O) groups is 1. The zero-order valence-electron chi connectivity index (χ0n) is 17.3. The summed E-state index contributed by atoms with van der Waals surface area (Å²) in [6.45, 7) is 3.65. The van der Waals surface area contributed by atoms with Crippen molar-refractivity contribution in [2.45, 2.75) is 17.2 Å². The summed E-state index contributed by atoms with van der Waals surface area (Å²) in [4.78, 5) is 15.3. The molecule has 4 rings (SSSR count). The van der Waals surface area contributed by atoms with Crippen molar-refractivity contribution in [3.63, 3.8) is 0 Å². The topological polar surface area (TPSA) is 69.7 Å². The van der Waals surface area contributed by atoms with E-state index in [4.69, 9.17) is 0 Å². The maximum absolute atomic E-state index is 13.3. The summed E-state index contributed by atoms with van der Waals surface area (Å²) in [6, 6.07) is 20.2.